The lowest BCUT2D eigenvalue weighted by molar-refractivity contribution is 0.352. The van der Waals surface area contributed by atoms with Crippen molar-refractivity contribution >= 4 is 27.5 Å². The molecule has 0 N–H and O–H groups in total. The number of aromatic nitrogens is 2. The van der Waals surface area contributed by atoms with Crippen molar-refractivity contribution in [3.8, 4) is 5.75 Å². The minimum absolute atomic E-state index is 0.264. The fraction of sp³-hybridized carbons (Fsp3) is 0.333. The number of halogens is 2. The summed E-state index contributed by atoms with van der Waals surface area (Å²) in [7, 11) is 0. The van der Waals surface area contributed by atoms with Crippen LogP contribution in [0.3, 0.4) is 0 Å². The van der Waals surface area contributed by atoms with Crippen LogP contribution in [-0.2, 0) is 13.0 Å². The quantitative estimate of drug-likeness (QED) is 0.816. The van der Waals surface area contributed by atoms with Crippen LogP contribution in [0.1, 0.15) is 22.5 Å². The summed E-state index contributed by atoms with van der Waals surface area (Å²) in [6.07, 6.45) is 0.854. The second kappa shape index (κ2) is 5.46. The molecule has 1 aliphatic heterocycles. The molecule has 1 aromatic carbocycles. The first-order chi connectivity index (χ1) is 9.97. The summed E-state index contributed by atoms with van der Waals surface area (Å²) < 4.78 is 8.16. The van der Waals surface area contributed by atoms with Crippen molar-refractivity contribution in [1.29, 1.82) is 0 Å². The van der Waals surface area contributed by atoms with Gasteiger partial charge in [0.1, 0.15) is 5.75 Å². The Hall–Kier alpha value is -1.33. The molecule has 0 bridgehead atoms. The number of rotatable bonds is 2. The van der Waals surface area contributed by atoms with Crippen LogP contribution in [0.15, 0.2) is 21.4 Å². The molecule has 2 aromatic rings. The van der Waals surface area contributed by atoms with Crippen molar-refractivity contribution in [2.45, 2.75) is 26.8 Å². The van der Waals surface area contributed by atoms with E-state index in [0.29, 0.717) is 23.9 Å². The van der Waals surface area contributed by atoms with Crippen LogP contribution >= 0.6 is 27.5 Å². The smallest absolute Gasteiger partial charge is 0.348 e. The molecular formula is C15H14BrClN2O2. The van der Waals surface area contributed by atoms with Gasteiger partial charge in [0.2, 0.25) is 0 Å². The first-order valence-corrected chi connectivity index (χ1v) is 7.82. The van der Waals surface area contributed by atoms with E-state index < -0.39 is 0 Å². The molecule has 0 saturated heterocycles. The maximum Gasteiger partial charge on any atom is 0.348 e. The summed E-state index contributed by atoms with van der Waals surface area (Å²) in [6.45, 7) is 4.76. The van der Waals surface area contributed by atoms with E-state index in [0.717, 1.165) is 33.5 Å². The normalized spacial score (nSPS) is 13.1. The maximum atomic E-state index is 12.2. The van der Waals surface area contributed by atoms with Gasteiger partial charge in [-0.3, -0.25) is 4.57 Å². The van der Waals surface area contributed by atoms with E-state index in [1.165, 1.54) is 0 Å². The summed E-state index contributed by atoms with van der Waals surface area (Å²) in [6, 6.07) is 3.78. The predicted octanol–water partition coefficient (Wildman–Crippen LogP) is 3.26. The molecule has 0 saturated carbocycles. The van der Waals surface area contributed by atoms with Gasteiger partial charge in [-0.05, 0) is 47.5 Å². The van der Waals surface area contributed by atoms with Gasteiger partial charge >= 0.3 is 5.69 Å². The van der Waals surface area contributed by atoms with Crippen LogP contribution in [0, 0.1) is 13.8 Å². The molecule has 0 spiro atoms. The number of nitrogens with zero attached hydrogens (tertiary/aromatic N) is 2. The van der Waals surface area contributed by atoms with Gasteiger partial charge in [0.25, 0.3) is 0 Å². The van der Waals surface area contributed by atoms with Gasteiger partial charge in [0.15, 0.2) is 0 Å². The van der Waals surface area contributed by atoms with Crippen LogP contribution in [0.5, 0.6) is 5.75 Å². The Kier molecular flexibility index (Phi) is 3.80. The molecule has 1 aliphatic rings. The molecule has 0 amide bonds. The van der Waals surface area contributed by atoms with E-state index in [2.05, 4.69) is 20.9 Å². The Morgan fingerprint density at radius 3 is 2.95 bits per heavy atom. The van der Waals surface area contributed by atoms with E-state index >= 15 is 0 Å². The fourth-order valence-corrected chi connectivity index (χ4v) is 3.16. The second-order valence-corrected chi connectivity index (χ2v) is 6.35. The van der Waals surface area contributed by atoms with Crippen molar-refractivity contribution in [1.82, 2.24) is 9.55 Å². The Bertz CT molecular complexity index is 786. The number of fused-ring (bicyclic) bond motifs is 1. The SMILES string of the molecule is Cc1nc(=O)n(Cc2cc(Cl)cc3c2OCC3)c(C)c1Br. The van der Waals surface area contributed by atoms with Crippen LogP contribution in [0.25, 0.3) is 0 Å². The molecule has 0 radical (unpaired) electrons. The fourth-order valence-electron chi connectivity index (χ4n) is 2.60. The molecular weight excluding hydrogens is 356 g/mol. The zero-order chi connectivity index (χ0) is 15.1. The first-order valence-electron chi connectivity index (χ1n) is 6.65. The van der Waals surface area contributed by atoms with Gasteiger partial charge < -0.3 is 4.74 Å². The topological polar surface area (TPSA) is 44.1 Å². The zero-order valence-corrected chi connectivity index (χ0v) is 14.1. The van der Waals surface area contributed by atoms with Crippen LogP contribution < -0.4 is 10.4 Å². The molecule has 3 rings (SSSR count). The van der Waals surface area contributed by atoms with Crippen LogP contribution in [-0.4, -0.2) is 16.2 Å². The number of aryl methyl sites for hydroxylation is 1. The zero-order valence-electron chi connectivity index (χ0n) is 11.7. The van der Waals surface area contributed by atoms with Crippen molar-refractivity contribution in [2.75, 3.05) is 6.61 Å². The molecule has 0 fully saturated rings. The van der Waals surface area contributed by atoms with Gasteiger partial charge in [-0.2, -0.15) is 4.98 Å². The average Bonchev–Trinajstić information content (AvgIpc) is 2.89. The summed E-state index contributed by atoms with van der Waals surface area (Å²) in [4.78, 5) is 16.2. The molecule has 21 heavy (non-hydrogen) atoms. The first kappa shape index (κ1) is 14.6. The minimum atomic E-state index is -0.264. The summed E-state index contributed by atoms with van der Waals surface area (Å²) in [5, 5.41) is 0.666. The van der Waals surface area contributed by atoms with Gasteiger partial charge in [0, 0.05) is 22.7 Å². The van der Waals surface area contributed by atoms with Gasteiger partial charge in [-0.1, -0.05) is 11.6 Å². The molecule has 6 heteroatoms. The lowest BCUT2D eigenvalue weighted by Crippen LogP contribution is -2.27. The van der Waals surface area contributed by atoms with E-state index in [-0.39, 0.29) is 5.69 Å². The lowest BCUT2D eigenvalue weighted by Gasteiger charge is -2.14. The van der Waals surface area contributed by atoms with Gasteiger partial charge in [0.05, 0.1) is 23.3 Å². The third kappa shape index (κ3) is 2.60. The highest BCUT2D eigenvalue weighted by atomic mass is 79.9. The van der Waals surface area contributed by atoms with Crippen molar-refractivity contribution in [3.63, 3.8) is 0 Å². The number of hydrogen-bond acceptors (Lipinski definition) is 3. The van der Waals surface area contributed by atoms with E-state index in [1.54, 1.807) is 4.57 Å². The van der Waals surface area contributed by atoms with Crippen molar-refractivity contribution in [2.24, 2.45) is 0 Å². The van der Waals surface area contributed by atoms with Gasteiger partial charge in [-0.15, -0.1) is 0 Å². The molecule has 0 aliphatic carbocycles. The molecule has 0 atom stereocenters. The largest absolute Gasteiger partial charge is 0.493 e. The highest BCUT2D eigenvalue weighted by Crippen LogP contribution is 2.33. The molecule has 2 heterocycles. The predicted molar refractivity (Wildman–Crippen MR) is 85.4 cm³/mol. The number of benzene rings is 1. The molecule has 0 unspecified atom stereocenters. The third-order valence-corrected chi connectivity index (χ3v) is 5.05. The molecule has 1 aromatic heterocycles. The Balaban J connectivity index is 2.10. The van der Waals surface area contributed by atoms with Crippen LogP contribution in [0.2, 0.25) is 5.02 Å². The third-order valence-electron chi connectivity index (χ3n) is 3.69. The Morgan fingerprint density at radius 1 is 1.43 bits per heavy atom. The summed E-state index contributed by atoms with van der Waals surface area (Å²) in [5.41, 5.74) is 3.29. The minimum Gasteiger partial charge on any atom is -0.493 e. The Morgan fingerprint density at radius 2 is 2.19 bits per heavy atom. The highest BCUT2D eigenvalue weighted by molar-refractivity contribution is 9.10. The second-order valence-electron chi connectivity index (χ2n) is 5.12. The number of ether oxygens (including phenoxy) is 1. The molecule has 110 valence electrons. The van der Waals surface area contributed by atoms with E-state index in [4.69, 9.17) is 16.3 Å². The average molecular weight is 370 g/mol. The number of hydrogen-bond donors (Lipinski definition) is 0. The van der Waals surface area contributed by atoms with E-state index in [1.807, 2.05) is 26.0 Å². The summed E-state index contributed by atoms with van der Waals surface area (Å²) in [5.74, 6) is 0.849. The summed E-state index contributed by atoms with van der Waals surface area (Å²) >= 11 is 9.64. The van der Waals surface area contributed by atoms with E-state index in [9.17, 15) is 4.79 Å². The van der Waals surface area contributed by atoms with Crippen molar-refractivity contribution < 1.29 is 4.74 Å². The maximum absolute atomic E-state index is 12.2. The van der Waals surface area contributed by atoms with Crippen molar-refractivity contribution in [3.05, 3.63) is 54.6 Å². The van der Waals surface area contributed by atoms with Gasteiger partial charge in [-0.25, -0.2) is 4.79 Å². The standard InChI is InChI=1S/C15H14BrClN2O2/c1-8-13(16)9(2)19(15(20)18-8)7-11-6-12(17)5-10-3-4-21-14(10)11/h5-6H,3-4,7H2,1-2H3. The van der Waals surface area contributed by atoms with Crippen LogP contribution in [0.4, 0.5) is 0 Å². The lowest BCUT2D eigenvalue weighted by atomic mass is 10.1. The highest BCUT2D eigenvalue weighted by Gasteiger charge is 2.19. The Labute approximate surface area is 135 Å². The molecule has 4 nitrogen and oxygen atoms in total. The monoisotopic (exact) mass is 368 g/mol.